The summed E-state index contributed by atoms with van der Waals surface area (Å²) in [6.45, 7) is 0. The van der Waals surface area contributed by atoms with E-state index < -0.39 is 0 Å². The predicted molar refractivity (Wildman–Crippen MR) is 126 cm³/mol. The second-order valence-corrected chi connectivity index (χ2v) is 8.44. The van der Waals surface area contributed by atoms with Crippen molar-refractivity contribution >= 4 is 66.5 Å². The van der Waals surface area contributed by atoms with Crippen LogP contribution in [-0.4, -0.2) is 24.6 Å². The third-order valence-electron chi connectivity index (χ3n) is 6.79. The molecule has 32 heavy (non-hydrogen) atoms. The number of para-hydroxylation sites is 2. The van der Waals surface area contributed by atoms with E-state index >= 15 is 0 Å². The lowest BCUT2D eigenvalue weighted by Crippen LogP contribution is -2.13. The summed E-state index contributed by atoms with van der Waals surface area (Å²) in [7, 11) is 0. The van der Waals surface area contributed by atoms with Crippen LogP contribution >= 0.6 is 0 Å². The molecule has 0 fully saturated rings. The van der Waals surface area contributed by atoms with Crippen LogP contribution in [0.4, 0.5) is 0 Å². The highest BCUT2D eigenvalue weighted by Crippen LogP contribution is 2.38. The number of Topliss-reactive ketones (excluding diaryl/α,β-unsaturated/α-hetero) is 1. The molecule has 0 atom stereocenters. The first-order chi connectivity index (χ1) is 15.7. The summed E-state index contributed by atoms with van der Waals surface area (Å²) in [5.74, 6) is 0.0702. The minimum atomic E-state index is -0.0417. The normalized spacial score (nSPS) is 14.2. The number of fused-ring (bicyclic) bond motifs is 8. The zero-order valence-electron chi connectivity index (χ0n) is 16.7. The van der Waals surface area contributed by atoms with E-state index in [9.17, 15) is 9.59 Å². The number of nitrogens with one attached hydrogen (secondary N) is 1. The number of carbonyl (C=O) groups is 1. The van der Waals surface area contributed by atoms with Crippen molar-refractivity contribution in [2.45, 2.75) is 6.42 Å². The number of hydrogen-bond donors (Lipinski definition) is 1. The number of pyridine rings is 2. The van der Waals surface area contributed by atoms with Gasteiger partial charge >= 0.3 is 0 Å². The minimum absolute atomic E-state index is 0.0417. The maximum atomic E-state index is 13.6. The molecule has 0 saturated heterocycles. The number of rotatable bonds is 0. The molecule has 0 unspecified atom stereocenters. The van der Waals surface area contributed by atoms with Gasteiger partial charge in [-0.2, -0.15) is 0 Å². The van der Waals surface area contributed by atoms with Crippen molar-refractivity contribution in [3.8, 4) is 0 Å². The number of allylic oxidation sites excluding steroid dienone is 1. The van der Waals surface area contributed by atoms with Crippen LogP contribution in [0, 0.1) is 0 Å². The Kier molecular flexibility index (Phi) is 2.66. The molecule has 8 rings (SSSR count). The Balaban J connectivity index is 1.66. The fourth-order valence-electron chi connectivity index (χ4n) is 5.46. The number of H-pyrrole nitrogens is 1. The van der Waals surface area contributed by atoms with Crippen molar-refractivity contribution in [2.24, 2.45) is 0 Å². The van der Waals surface area contributed by atoms with Crippen molar-refractivity contribution in [1.29, 1.82) is 0 Å². The van der Waals surface area contributed by atoms with E-state index in [2.05, 4.69) is 17.1 Å². The van der Waals surface area contributed by atoms with Crippen LogP contribution in [0.3, 0.4) is 0 Å². The quantitative estimate of drug-likeness (QED) is 0.358. The van der Waals surface area contributed by atoms with Crippen molar-refractivity contribution in [1.82, 2.24) is 18.8 Å². The van der Waals surface area contributed by atoms with Crippen LogP contribution < -0.4 is 5.56 Å². The highest BCUT2D eigenvalue weighted by Gasteiger charge is 2.24. The number of carbonyl (C=O) groups excluding carboxylic acids is 1. The topological polar surface area (TPSA) is 71.6 Å². The summed E-state index contributed by atoms with van der Waals surface area (Å²) in [6.07, 6.45) is 6.14. The number of aromatic nitrogens is 4. The molecule has 6 heteroatoms. The third-order valence-corrected chi connectivity index (χ3v) is 6.79. The Labute approximate surface area is 179 Å². The van der Waals surface area contributed by atoms with Gasteiger partial charge in [-0.1, -0.05) is 24.3 Å². The van der Waals surface area contributed by atoms with Crippen LogP contribution in [0.1, 0.15) is 22.6 Å². The van der Waals surface area contributed by atoms with E-state index in [1.807, 2.05) is 59.1 Å². The van der Waals surface area contributed by atoms with Crippen LogP contribution in [-0.2, 0) is 0 Å². The van der Waals surface area contributed by atoms with Gasteiger partial charge in [0.1, 0.15) is 17.0 Å². The molecule has 4 heterocycles. The number of hydrogen-bond acceptors (Lipinski definition) is 3. The van der Waals surface area contributed by atoms with Crippen LogP contribution in [0.5, 0.6) is 0 Å². The molecular formula is C26H14N4O2. The van der Waals surface area contributed by atoms with Gasteiger partial charge in [-0.3, -0.25) is 18.4 Å². The number of nitrogens with zero attached hydrogens (tertiary/aromatic N) is 3. The lowest BCUT2D eigenvalue weighted by molar-refractivity contribution is 0.0989. The number of benzene rings is 3. The van der Waals surface area contributed by atoms with Crippen molar-refractivity contribution < 1.29 is 4.79 Å². The van der Waals surface area contributed by atoms with E-state index in [-0.39, 0.29) is 11.3 Å². The number of imidazole rings is 2. The van der Waals surface area contributed by atoms with E-state index in [1.54, 1.807) is 4.40 Å². The largest absolute Gasteiger partial charge is 0.339 e. The van der Waals surface area contributed by atoms with Crippen LogP contribution in [0.25, 0.3) is 60.7 Å². The molecule has 1 N–H and O–H groups in total. The molecule has 7 aromatic rings. The van der Waals surface area contributed by atoms with Gasteiger partial charge < -0.3 is 4.98 Å². The summed E-state index contributed by atoms with van der Waals surface area (Å²) >= 11 is 0. The average molecular weight is 414 g/mol. The lowest BCUT2D eigenvalue weighted by atomic mass is 9.96. The zero-order chi connectivity index (χ0) is 21.1. The number of ketones is 1. The Morgan fingerprint density at radius 1 is 0.906 bits per heavy atom. The molecule has 150 valence electrons. The fraction of sp³-hybridized carbons (Fsp3) is 0.0385. The van der Waals surface area contributed by atoms with Crippen LogP contribution in [0.2, 0.25) is 0 Å². The standard InChI is InChI=1S/C26H14N4O2/c31-20-7-3-5-18-23(20)29-12-13-8-9-15-22-16(11-10-14(21(13)22)24(29)28-18)26(32)30-19-6-2-1-4-17(19)27-25(15)30/h1-6,8-12,27H,7H2. The molecule has 6 nitrogen and oxygen atoms in total. The average Bonchev–Trinajstić information content (AvgIpc) is 3.38. The Bertz CT molecular complexity index is 2050. The molecule has 1 aliphatic carbocycles. The van der Waals surface area contributed by atoms with Crippen molar-refractivity contribution in [3.63, 3.8) is 0 Å². The predicted octanol–water partition coefficient (Wildman–Crippen LogP) is 4.93. The monoisotopic (exact) mass is 414 g/mol. The van der Waals surface area contributed by atoms with Gasteiger partial charge in [-0.15, -0.1) is 0 Å². The molecule has 0 spiro atoms. The van der Waals surface area contributed by atoms with Crippen molar-refractivity contribution in [3.05, 3.63) is 82.5 Å². The molecule has 0 amide bonds. The Morgan fingerprint density at radius 3 is 2.69 bits per heavy atom. The third kappa shape index (κ3) is 1.72. The second kappa shape index (κ2) is 5.23. The number of aromatic amines is 1. The molecule has 4 aromatic heterocycles. The molecule has 0 radical (unpaired) electrons. The molecular weight excluding hydrogens is 400 g/mol. The highest BCUT2D eigenvalue weighted by molar-refractivity contribution is 6.27. The molecule has 0 aliphatic heterocycles. The minimum Gasteiger partial charge on any atom is -0.339 e. The summed E-state index contributed by atoms with van der Waals surface area (Å²) in [5, 5.41) is 5.53. The van der Waals surface area contributed by atoms with Crippen LogP contribution in [0.15, 0.2) is 65.6 Å². The molecule has 0 bridgehead atoms. The summed E-state index contributed by atoms with van der Waals surface area (Å²) in [4.78, 5) is 34.5. The van der Waals surface area contributed by atoms with E-state index in [1.165, 1.54) is 0 Å². The first-order valence-corrected chi connectivity index (χ1v) is 10.6. The maximum Gasteiger partial charge on any atom is 0.264 e. The smallest absolute Gasteiger partial charge is 0.264 e. The van der Waals surface area contributed by atoms with Gasteiger partial charge in [0, 0.05) is 39.5 Å². The molecule has 3 aromatic carbocycles. The Morgan fingerprint density at radius 2 is 1.75 bits per heavy atom. The second-order valence-electron chi connectivity index (χ2n) is 8.44. The first-order valence-electron chi connectivity index (χ1n) is 10.6. The summed E-state index contributed by atoms with van der Waals surface area (Å²) < 4.78 is 3.68. The zero-order valence-corrected chi connectivity index (χ0v) is 16.7. The van der Waals surface area contributed by atoms with E-state index in [0.717, 1.165) is 49.3 Å². The maximum absolute atomic E-state index is 13.6. The van der Waals surface area contributed by atoms with Gasteiger partial charge in [0.25, 0.3) is 5.56 Å². The van der Waals surface area contributed by atoms with E-state index in [0.29, 0.717) is 23.2 Å². The van der Waals surface area contributed by atoms with Gasteiger partial charge in [0.15, 0.2) is 5.78 Å². The summed E-state index contributed by atoms with van der Waals surface area (Å²) in [6, 6.07) is 15.8. The van der Waals surface area contributed by atoms with Gasteiger partial charge in [0.2, 0.25) is 0 Å². The lowest BCUT2D eigenvalue weighted by Gasteiger charge is -2.13. The molecule has 0 saturated carbocycles. The van der Waals surface area contributed by atoms with Crippen molar-refractivity contribution in [2.75, 3.05) is 0 Å². The Hall–Kier alpha value is -4.45. The van der Waals surface area contributed by atoms with Gasteiger partial charge in [-0.25, -0.2) is 4.98 Å². The van der Waals surface area contributed by atoms with Gasteiger partial charge in [0.05, 0.1) is 16.7 Å². The summed E-state index contributed by atoms with van der Waals surface area (Å²) in [5.41, 5.74) is 4.62. The highest BCUT2D eigenvalue weighted by atomic mass is 16.1. The first kappa shape index (κ1) is 16.3. The molecule has 1 aliphatic rings. The SMILES string of the molecule is O=C1CC=Cc2nc3c4ccc5c(=O)n6c7ccccc7[nH]c6c6ccc(cn3c21)c4c56. The van der Waals surface area contributed by atoms with E-state index in [4.69, 9.17) is 4.98 Å². The van der Waals surface area contributed by atoms with Gasteiger partial charge in [-0.05, 0) is 41.8 Å². The fourth-order valence-corrected chi connectivity index (χ4v) is 5.46.